The summed E-state index contributed by atoms with van der Waals surface area (Å²) in [6, 6.07) is 13.6. The number of aldehydes is 1. The molecule has 2 aromatic rings. The Morgan fingerprint density at radius 3 is 2.32 bits per heavy atom. The highest BCUT2D eigenvalue weighted by Gasteiger charge is 2.01. The molecule has 2 heteroatoms. The molecule has 0 aromatic heterocycles. The maximum atomic E-state index is 10.8. The van der Waals surface area contributed by atoms with Crippen molar-refractivity contribution in [2.45, 2.75) is 26.7 Å². The van der Waals surface area contributed by atoms with Crippen LogP contribution in [0.1, 0.15) is 34.8 Å². The third kappa shape index (κ3) is 3.44. The highest BCUT2D eigenvalue weighted by atomic mass is 16.5. The summed E-state index contributed by atoms with van der Waals surface area (Å²) in [7, 11) is 0. The van der Waals surface area contributed by atoms with Crippen LogP contribution in [0, 0.1) is 6.92 Å². The van der Waals surface area contributed by atoms with Crippen molar-refractivity contribution < 1.29 is 9.53 Å². The van der Waals surface area contributed by atoms with Crippen molar-refractivity contribution in [3.05, 3.63) is 59.2 Å². The van der Waals surface area contributed by atoms with Gasteiger partial charge in [-0.3, -0.25) is 4.79 Å². The van der Waals surface area contributed by atoms with Crippen LogP contribution in [-0.4, -0.2) is 6.29 Å². The number of benzene rings is 2. The van der Waals surface area contributed by atoms with Gasteiger partial charge in [0, 0.05) is 5.56 Å². The topological polar surface area (TPSA) is 26.3 Å². The third-order valence-corrected chi connectivity index (χ3v) is 3.07. The Kier molecular flexibility index (Phi) is 4.35. The lowest BCUT2D eigenvalue weighted by Crippen LogP contribution is -1.90. The van der Waals surface area contributed by atoms with Gasteiger partial charge in [-0.1, -0.05) is 25.5 Å². The lowest BCUT2D eigenvalue weighted by molar-refractivity contribution is 0.112. The molecule has 2 rings (SSSR count). The zero-order valence-electron chi connectivity index (χ0n) is 11.3. The van der Waals surface area contributed by atoms with E-state index in [4.69, 9.17) is 4.74 Å². The molecule has 0 saturated carbocycles. The molecule has 0 amide bonds. The minimum Gasteiger partial charge on any atom is -0.457 e. The van der Waals surface area contributed by atoms with Gasteiger partial charge in [0.25, 0.3) is 0 Å². The molecule has 0 saturated heterocycles. The molecular formula is C17H18O2. The minimum atomic E-state index is 0.700. The Bertz CT molecular complexity index is 556. The van der Waals surface area contributed by atoms with Crippen LogP contribution in [0.25, 0.3) is 0 Å². The van der Waals surface area contributed by atoms with Gasteiger partial charge < -0.3 is 4.74 Å². The van der Waals surface area contributed by atoms with Crippen molar-refractivity contribution in [1.29, 1.82) is 0 Å². The maximum Gasteiger partial charge on any atom is 0.150 e. The van der Waals surface area contributed by atoms with Crippen LogP contribution >= 0.6 is 0 Å². The molecule has 0 spiro atoms. The van der Waals surface area contributed by atoms with E-state index in [2.05, 4.69) is 19.1 Å². The zero-order valence-corrected chi connectivity index (χ0v) is 11.3. The molecule has 0 N–H and O–H groups in total. The maximum absolute atomic E-state index is 10.8. The highest BCUT2D eigenvalue weighted by Crippen LogP contribution is 2.24. The van der Waals surface area contributed by atoms with Crippen LogP contribution in [0.3, 0.4) is 0 Å². The second-order valence-corrected chi connectivity index (χ2v) is 4.63. The fourth-order valence-electron chi connectivity index (χ4n) is 1.99. The van der Waals surface area contributed by atoms with Crippen LogP contribution in [0.15, 0.2) is 42.5 Å². The first-order valence-corrected chi connectivity index (χ1v) is 6.55. The highest BCUT2D eigenvalue weighted by molar-refractivity contribution is 5.77. The summed E-state index contributed by atoms with van der Waals surface area (Å²) in [6.07, 6.45) is 3.10. The summed E-state index contributed by atoms with van der Waals surface area (Å²) in [5.74, 6) is 1.57. The van der Waals surface area contributed by atoms with E-state index in [0.717, 1.165) is 36.2 Å². The van der Waals surface area contributed by atoms with Gasteiger partial charge in [-0.15, -0.1) is 0 Å². The molecule has 0 bridgehead atoms. The molecule has 19 heavy (non-hydrogen) atoms. The fraction of sp³-hybridized carbons (Fsp3) is 0.235. The van der Waals surface area contributed by atoms with Crippen LogP contribution in [0.2, 0.25) is 0 Å². The van der Waals surface area contributed by atoms with Crippen LogP contribution in [0.5, 0.6) is 11.5 Å². The smallest absolute Gasteiger partial charge is 0.150 e. The summed E-state index contributed by atoms with van der Waals surface area (Å²) >= 11 is 0. The zero-order chi connectivity index (χ0) is 13.7. The van der Waals surface area contributed by atoms with E-state index in [9.17, 15) is 4.79 Å². The van der Waals surface area contributed by atoms with Crippen LogP contribution < -0.4 is 4.74 Å². The number of carbonyl (C=O) groups is 1. The summed E-state index contributed by atoms with van der Waals surface area (Å²) in [5.41, 5.74) is 2.95. The normalized spacial score (nSPS) is 10.2. The summed E-state index contributed by atoms with van der Waals surface area (Å²) in [5, 5.41) is 0. The molecule has 2 nitrogen and oxygen atoms in total. The molecular weight excluding hydrogens is 236 g/mol. The molecule has 0 unspecified atom stereocenters. The Morgan fingerprint density at radius 2 is 1.74 bits per heavy atom. The number of ether oxygens (including phenoxy) is 1. The van der Waals surface area contributed by atoms with Crippen molar-refractivity contribution in [2.75, 3.05) is 0 Å². The number of hydrogen-bond donors (Lipinski definition) is 0. The predicted octanol–water partition coefficient (Wildman–Crippen LogP) is 4.55. The van der Waals surface area contributed by atoms with E-state index in [-0.39, 0.29) is 0 Å². The second-order valence-electron chi connectivity index (χ2n) is 4.63. The summed E-state index contributed by atoms with van der Waals surface area (Å²) in [6.45, 7) is 4.07. The van der Waals surface area contributed by atoms with E-state index in [1.54, 1.807) is 6.07 Å². The van der Waals surface area contributed by atoms with Gasteiger partial charge in [-0.25, -0.2) is 0 Å². The quantitative estimate of drug-likeness (QED) is 0.731. The molecule has 0 aliphatic heterocycles. The first kappa shape index (κ1) is 13.3. The van der Waals surface area contributed by atoms with Gasteiger partial charge in [-0.05, 0) is 54.8 Å². The van der Waals surface area contributed by atoms with E-state index in [0.29, 0.717) is 5.56 Å². The minimum absolute atomic E-state index is 0.700. The standard InChI is InChI=1S/C17H18O2/c1-3-4-14-5-8-16(9-6-14)19-17-10-7-15(12-18)13(2)11-17/h5-12H,3-4H2,1-2H3. The van der Waals surface area contributed by atoms with Crippen molar-refractivity contribution in [2.24, 2.45) is 0 Å². The van der Waals surface area contributed by atoms with Crippen LogP contribution in [0.4, 0.5) is 0 Å². The fourth-order valence-corrected chi connectivity index (χ4v) is 1.99. The third-order valence-electron chi connectivity index (χ3n) is 3.07. The summed E-state index contributed by atoms with van der Waals surface area (Å²) in [4.78, 5) is 10.8. The van der Waals surface area contributed by atoms with E-state index < -0.39 is 0 Å². The van der Waals surface area contributed by atoms with E-state index in [1.807, 2.05) is 31.2 Å². The first-order chi connectivity index (χ1) is 9.22. The Morgan fingerprint density at radius 1 is 1.05 bits per heavy atom. The second kappa shape index (κ2) is 6.19. The van der Waals surface area contributed by atoms with Crippen molar-refractivity contribution >= 4 is 6.29 Å². The first-order valence-electron chi connectivity index (χ1n) is 6.55. The van der Waals surface area contributed by atoms with Gasteiger partial charge >= 0.3 is 0 Å². The number of aryl methyl sites for hydroxylation is 2. The largest absolute Gasteiger partial charge is 0.457 e. The van der Waals surface area contributed by atoms with Gasteiger partial charge in [0.15, 0.2) is 0 Å². The number of hydrogen-bond acceptors (Lipinski definition) is 2. The average molecular weight is 254 g/mol. The van der Waals surface area contributed by atoms with Crippen molar-refractivity contribution in [3.63, 3.8) is 0 Å². The average Bonchev–Trinajstić information content (AvgIpc) is 2.42. The lowest BCUT2D eigenvalue weighted by atomic mass is 10.1. The Balaban J connectivity index is 2.12. The predicted molar refractivity (Wildman–Crippen MR) is 77.1 cm³/mol. The molecule has 0 fully saturated rings. The van der Waals surface area contributed by atoms with E-state index >= 15 is 0 Å². The molecule has 2 aromatic carbocycles. The Labute approximate surface area is 114 Å². The monoisotopic (exact) mass is 254 g/mol. The molecule has 98 valence electrons. The van der Waals surface area contributed by atoms with Crippen molar-refractivity contribution in [3.8, 4) is 11.5 Å². The summed E-state index contributed by atoms with van der Waals surface area (Å²) < 4.78 is 5.78. The van der Waals surface area contributed by atoms with Crippen LogP contribution in [-0.2, 0) is 6.42 Å². The molecule has 0 heterocycles. The molecule has 0 aliphatic carbocycles. The SMILES string of the molecule is CCCc1ccc(Oc2ccc(C=O)c(C)c2)cc1. The van der Waals surface area contributed by atoms with Gasteiger partial charge in [0.1, 0.15) is 17.8 Å². The Hall–Kier alpha value is -2.09. The lowest BCUT2D eigenvalue weighted by Gasteiger charge is -2.08. The van der Waals surface area contributed by atoms with Gasteiger partial charge in [-0.2, -0.15) is 0 Å². The van der Waals surface area contributed by atoms with Crippen molar-refractivity contribution in [1.82, 2.24) is 0 Å². The number of carbonyl (C=O) groups excluding carboxylic acids is 1. The molecule has 0 atom stereocenters. The molecule has 0 aliphatic rings. The van der Waals surface area contributed by atoms with Gasteiger partial charge in [0.05, 0.1) is 0 Å². The molecule has 0 radical (unpaired) electrons. The van der Waals surface area contributed by atoms with Gasteiger partial charge in [0.2, 0.25) is 0 Å². The van der Waals surface area contributed by atoms with E-state index in [1.165, 1.54) is 5.56 Å². The number of rotatable bonds is 5.